The first kappa shape index (κ1) is 11.9. The van der Waals surface area contributed by atoms with Gasteiger partial charge in [0.2, 0.25) is 0 Å². The minimum absolute atomic E-state index is 0.0906. The van der Waals surface area contributed by atoms with Crippen LogP contribution in [0.1, 0.15) is 5.69 Å². The third-order valence-electron chi connectivity index (χ3n) is 1.48. The zero-order chi connectivity index (χ0) is 12.1. The zero-order valence-electron chi connectivity index (χ0n) is 7.88. The molecule has 1 aromatic heterocycles. The topological polar surface area (TPSA) is 138 Å². The van der Waals surface area contributed by atoms with Crippen molar-refractivity contribution < 1.29 is 19.9 Å². The number of oxime groups is 1. The molecule has 8 nitrogen and oxygen atoms in total. The van der Waals surface area contributed by atoms with Crippen molar-refractivity contribution in [1.82, 2.24) is 10.3 Å². The molecule has 0 fully saturated rings. The van der Waals surface area contributed by atoms with Crippen LogP contribution >= 0.6 is 11.3 Å². The van der Waals surface area contributed by atoms with Gasteiger partial charge in [-0.2, -0.15) is 0 Å². The van der Waals surface area contributed by atoms with Crippen LogP contribution in [-0.2, 0) is 9.59 Å². The van der Waals surface area contributed by atoms with Gasteiger partial charge in [0, 0.05) is 5.38 Å². The molecule has 0 aromatic carbocycles. The van der Waals surface area contributed by atoms with Crippen LogP contribution in [0.3, 0.4) is 0 Å². The molecule has 9 heteroatoms. The van der Waals surface area contributed by atoms with Crippen LogP contribution in [0.25, 0.3) is 0 Å². The highest BCUT2D eigenvalue weighted by Gasteiger charge is 2.18. The molecule has 0 aliphatic rings. The number of anilines is 1. The Kier molecular flexibility index (Phi) is 3.78. The number of carboxylic acid groups (broad SMARTS) is 1. The first-order chi connectivity index (χ1) is 7.54. The highest BCUT2D eigenvalue weighted by molar-refractivity contribution is 7.13. The number of hydrogen-bond acceptors (Lipinski definition) is 7. The number of hydrogen-bond donors (Lipinski definition) is 4. The number of carbonyl (C=O) groups excluding carboxylic acids is 1. The number of aliphatic carboxylic acids is 1. The number of carbonyl (C=O) groups is 2. The van der Waals surface area contributed by atoms with E-state index >= 15 is 0 Å². The fraction of sp³-hybridized carbons (Fsp3) is 0.143. The molecule has 0 spiro atoms. The summed E-state index contributed by atoms with van der Waals surface area (Å²) in [6, 6.07) is 0. The van der Waals surface area contributed by atoms with E-state index in [-0.39, 0.29) is 16.5 Å². The van der Waals surface area contributed by atoms with Crippen molar-refractivity contribution >= 4 is 34.1 Å². The van der Waals surface area contributed by atoms with E-state index in [9.17, 15) is 9.59 Å². The van der Waals surface area contributed by atoms with Gasteiger partial charge in [0.1, 0.15) is 12.2 Å². The van der Waals surface area contributed by atoms with Gasteiger partial charge < -0.3 is 21.4 Å². The van der Waals surface area contributed by atoms with Crippen molar-refractivity contribution in [3.8, 4) is 0 Å². The smallest absolute Gasteiger partial charge is 0.322 e. The zero-order valence-corrected chi connectivity index (χ0v) is 8.69. The molecule has 0 bridgehead atoms. The summed E-state index contributed by atoms with van der Waals surface area (Å²) in [5.74, 6) is -2.04. The predicted molar refractivity (Wildman–Crippen MR) is 55.5 cm³/mol. The number of nitrogen functional groups attached to an aromatic ring is 1. The van der Waals surface area contributed by atoms with Crippen molar-refractivity contribution in [3.63, 3.8) is 0 Å². The van der Waals surface area contributed by atoms with Crippen molar-refractivity contribution in [2.45, 2.75) is 0 Å². The molecule has 0 aliphatic carbocycles. The van der Waals surface area contributed by atoms with Crippen LogP contribution in [0.5, 0.6) is 0 Å². The number of carboxylic acids is 1. The summed E-state index contributed by atoms with van der Waals surface area (Å²) < 4.78 is 0. The summed E-state index contributed by atoms with van der Waals surface area (Å²) in [7, 11) is 0. The molecule has 1 amide bonds. The molecule has 0 atom stereocenters. The van der Waals surface area contributed by atoms with Crippen molar-refractivity contribution in [1.29, 1.82) is 0 Å². The summed E-state index contributed by atoms with van der Waals surface area (Å²) >= 11 is 1.07. The Balaban J connectivity index is 2.76. The normalized spacial score (nSPS) is 11.1. The number of amides is 1. The molecule has 1 aromatic rings. The average molecular weight is 244 g/mol. The second-order valence-corrected chi connectivity index (χ2v) is 3.49. The molecule has 86 valence electrons. The maximum Gasteiger partial charge on any atom is 0.322 e. The predicted octanol–water partition coefficient (Wildman–Crippen LogP) is -0.896. The third kappa shape index (κ3) is 2.92. The van der Waals surface area contributed by atoms with E-state index in [4.69, 9.17) is 16.0 Å². The Labute approximate surface area is 93.4 Å². The van der Waals surface area contributed by atoms with E-state index in [1.54, 1.807) is 0 Å². The lowest BCUT2D eigenvalue weighted by Gasteiger charge is -2.01. The molecule has 1 heterocycles. The lowest BCUT2D eigenvalue weighted by Crippen LogP contribution is -2.35. The maximum atomic E-state index is 11.3. The van der Waals surface area contributed by atoms with Gasteiger partial charge in [-0.15, -0.1) is 11.3 Å². The van der Waals surface area contributed by atoms with Crippen LogP contribution < -0.4 is 11.1 Å². The molecule has 0 radical (unpaired) electrons. The Hall–Kier alpha value is -2.16. The number of rotatable bonds is 4. The van der Waals surface area contributed by atoms with Crippen LogP contribution in [0, 0.1) is 0 Å². The average Bonchev–Trinajstić information content (AvgIpc) is 2.63. The van der Waals surface area contributed by atoms with Gasteiger partial charge in [0.25, 0.3) is 5.91 Å². The Morgan fingerprint density at radius 2 is 2.31 bits per heavy atom. The Bertz CT molecular complexity index is 441. The van der Waals surface area contributed by atoms with Crippen molar-refractivity contribution in [2.24, 2.45) is 5.16 Å². The molecule has 0 saturated carbocycles. The Morgan fingerprint density at radius 1 is 1.62 bits per heavy atom. The molecule has 0 saturated heterocycles. The Morgan fingerprint density at radius 3 is 2.75 bits per heavy atom. The molecule has 0 aliphatic heterocycles. The lowest BCUT2D eigenvalue weighted by molar-refractivity contribution is -0.137. The summed E-state index contributed by atoms with van der Waals surface area (Å²) in [6.07, 6.45) is 0. The second-order valence-electron chi connectivity index (χ2n) is 2.60. The fourth-order valence-electron chi connectivity index (χ4n) is 0.849. The lowest BCUT2D eigenvalue weighted by atomic mass is 10.3. The van der Waals surface area contributed by atoms with E-state index in [0.717, 1.165) is 11.3 Å². The summed E-state index contributed by atoms with van der Waals surface area (Å²) in [5, 5.41) is 23.4. The van der Waals surface area contributed by atoms with Crippen LogP contribution in [0.2, 0.25) is 0 Å². The van der Waals surface area contributed by atoms with Crippen LogP contribution in [-0.4, -0.2) is 39.4 Å². The van der Waals surface area contributed by atoms with E-state index in [0.29, 0.717) is 0 Å². The number of nitrogens with zero attached hydrogens (tertiary/aromatic N) is 2. The van der Waals surface area contributed by atoms with E-state index in [1.807, 2.05) is 5.32 Å². The molecule has 16 heavy (non-hydrogen) atoms. The summed E-state index contributed by atoms with van der Waals surface area (Å²) in [6.45, 7) is -0.572. The molecular formula is C7H8N4O4S. The quantitative estimate of drug-likeness (QED) is 0.308. The number of nitrogens with two attached hydrogens (primary N) is 1. The van der Waals surface area contributed by atoms with Gasteiger partial charge in [0.05, 0.1) is 0 Å². The number of thiazole rings is 1. The highest BCUT2D eigenvalue weighted by Crippen LogP contribution is 2.11. The highest BCUT2D eigenvalue weighted by atomic mass is 32.1. The molecule has 0 unspecified atom stereocenters. The minimum Gasteiger partial charge on any atom is -0.480 e. The molecular weight excluding hydrogens is 236 g/mol. The van der Waals surface area contributed by atoms with Crippen LogP contribution in [0.4, 0.5) is 5.13 Å². The standard InChI is InChI=1S/C7H8N4O4S/c8-7-10-3(2-16-7)5(11-15)6(14)9-1-4(12)13/h2,15H,1H2,(H2,8,10)(H,9,14)(H,12,13)/b11-5-. The van der Waals surface area contributed by atoms with Crippen molar-refractivity contribution in [3.05, 3.63) is 11.1 Å². The van der Waals surface area contributed by atoms with Gasteiger partial charge in [-0.3, -0.25) is 9.59 Å². The van der Waals surface area contributed by atoms with Crippen LogP contribution in [0.15, 0.2) is 10.5 Å². The van der Waals surface area contributed by atoms with E-state index in [2.05, 4.69) is 10.1 Å². The molecule has 5 N–H and O–H groups in total. The van der Waals surface area contributed by atoms with Gasteiger partial charge in [-0.1, -0.05) is 5.16 Å². The van der Waals surface area contributed by atoms with Gasteiger partial charge in [0.15, 0.2) is 10.8 Å². The number of nitrogens with one attached hydrogen (secondary N) is 1. The first-order valence-electron chi connectivity index (χ1n) is 3.98. The minimum atomic E-state index is -1.21. The van der Waals surface area contributed by atoms with Gasteiger partial charge >= 0.3 is 5.97 Å². The van der Waals surface area contributed by atoms with Crippen molar-refractivity contribution in [2.75, 3.05) is 12.3 Å². The van der Waals surface area contributed by atoms with E-state index in [1.165, 1.54) is 5.38 Å². The van der Waals surface area contributed by atoms with Gasteiger partial charge in [-0.25, -0.2) is 4.98 Å². The fourth-order valence-corrected chi connectivity index (χ4v) is 1.40. The van der Waals surface area contributed by atoms with Gasteiger partial charge in [-0.05, 0) is 0 Å². The number of aromatic nitrogens is 1. The third-order valence-corrected chi connectivity index (χ3v) is 2.15. The monoisotopic (exact) mass is 244 g/mol. The van der Waals surface area contributed by atoms with E-state index < -0.39 is 18.4 Å². The molecule has 1 rings (SSSR count). The first-order valence-corrected chi connectivity index (χ1v) is 4.86. The summed E-state index contributed by atoms with van der Waals surface area (Å²) in [4.78, 5) is 25.3. The maximum absolute atomic E-state index is 11.3. The second kappa shape index (κ2) is 5.07. The SMILES string of the molecule is Nc1nc(/C(=N/O)C(=O)NCC(=O)O)cs1. The summed E-state index contributed by atoms with van der Waals surface area (Å²) in [5.41, 5.74) is 5.05. The largest absolute Gasteiger partial charge is 0.480 e.